The summed E-state index contributed by atoms with van der Waals surface area (Å²) >= 11 is 5.83. The number of nitrogens with zero attached hydrogens (tertiary/aromatic N) is 3. The molecule has 2 heterocycles. The predicted octanol–water partition coefficient (Wildman–Crippen LogP) is 1.66. The van der Waals surface area contributed by atoms with Gasteiger partial charge in [0.25, 0.3) is 0 Å². The fraction of sp³-hybridized carbons (Fsp3) is 0.588. The van der Waals surface area contributed by atoms with Crippen molar-refractivity contribution < 1.29 is 13.2 Å². The lowest BCUT2D eigenvalue weighted by Gasteiger charge is -2.35. The predicted molar refractivity (Wildman–Crippen MR) is 97.1 cm³/mol. The van der Waals surface area contributed by atoms with Gasteiger partial charge in [-0.1, -0.05) is 11.6 Å². The monoisotopic (exact) mass is 385 g/mol. The van der Waals surface area contributed by atoms with Crippen molar-refractivity contribution in [1.29, 1.82) is 0 Å². The van der Waals surface area contributed by atoms with Crippen molar-refractivity contribution in [3.63, 3.8) is 0 Å². The minimum absolute atomic E-state index is 0.161. The summed E-state index contributed by atoms with van der Waals surface area (Å²) in [6.07, 6.45) is 3.36. The first-order valence-corrected chi connectivity index (χ1v) is 10.5. The van der Waals surface area contributed by atoms with Gasteiger partial charge >= 0.3 is 0 Å². The van der Waals surface area contributed by atoms with E-state index in [1.165, 1.54) is 22.9 Å². The van der Waals surface area contributed by atoms with Crippen LogP contribution < -0.4 is 0 Å². The molecule has 1 aromatic carbocycles. The van der Waals surface area contributed by atoms with Crippen LogP contribution in [0.1, 0.15) is 19.3 Å². The number of sulfonamides is 1. The second kappa shape index (κ2) is 8.03. The quantitative estimate of drug-likeness (QED) is 0.790. The van der Waals surface area contributed by atoms with Crippen LogP contribution in [0.15, 0.2) is 29.2 Å². The van der Waals surface area contributed by atoms with Gasteiger partial charge in [0.15, 0.2) is 0 Å². The second-order valence-electron chi connectivity index (χ2n) is 6.58. The van der Waals surface area contributed by atoms with Gasteiger partial charge in [-0.05, 0) is 43.5 Å². The summed E-state index contributed by atoms with van der Waals surface area (Å²) in [5.74, 6) is 0.161. The molecule has 2 saturated heterocycles. The van der Waals surface area contributed by atoms with Crippen LogP contribution in [0.3, 0.4) is 0 Å². The van der Waals surface area contributed by atoms with Crippen LogP contribution in [0.4, 0.5) is 0 Å². The van der Waals surface area contributed by atoms with Crippen molar-refractivity contribution >= 4 is 27.5 Å². The van der Waals surface area contributed by atoms with E-state index in [1.54, 1.807) is 12.1 Å². The Bertz CT molecular complexity index is 694. The number of piperazine rings is 1. The number of halogens is 1. The molecular weight excluding hydrogens is 362 g/mol. The van der Waals surface area contributed by atoms with Crippen LogP contribution in [0.2, 0.25) is 5.02 Å². The normalized spacial score (nSPS) is 20.6. The summed E-state index contributed by atoms with van der Waals surface area (Å²) in [4.78, 5) is 16.6. The highest BCUT2D eigenvalue weighted by atomic mass is 35.5. The molecule has 0 saturated carbocycles. The van der Waals surface area contributed by atoms with Crippen LogP contribution in [0, 0.1) is 0 Å². The molecule has 0 atom stereocenters. The van der Waals surface area contributed by atoms with Crippen molar-refractivity contribution in [2.45, 2.75) is 24.2 Å². The maximum atomic E-state index is 12.7. The van der Waals surface area contributed by atoms with Gasteiger partial charge in [-0.15, -0.1) is 0 Å². The van der Waals surface area contributed by atoms with Gasteiger partial charge in [0.2, 0.25) is 15.9 Å². The zero-order chi connectivity index (χ0) is 17.9. The SMILES string of the molecule is O=C(CN1CCN(S(=O)(=O)c2ccc(Cl)cc2)CC1)N1CCCCC1. The van der Waals surface area contributed by atoms with Crippen molar-refractivity contribution in [2.24, 2.45) is 0 Å². The van der Waals surface area contributed by atoms with Crippen LogP contribution in [-0.4, -0.2) is 74.2 Å². The van der Waals surface area contributed by atoms with E-state index in [0.717, 1.165) is 25.9 Å². The van der Waals surface area contributed by atoms with Gasteiger partial charge in [-0.3, -0.25) is 9.69 Å². The number of hydrogen-bond acceptors (Lipinski definition) is 4. The molecule has 0 unspecified atom stereocenters. The summed E-state index contributed by atoms with van der Waals surface area (Å²) in [5, 5.41) is 0.514. The average molecular weight is 386 g/mol. The van der Waals surface area contributed by atoms with E-state index in [1.807, 2.05) is 9.80 Å². The number of carbonyl (C=O) groups is 1. The van der Waals surface area contributed by atoms with E-state index in [9.17, 15) is 13.2 Å². The highest BCUT2D eigenvalue weighted by Gasteiger charge is 2.29. The van der Waals surface area contributed by atoms with Crippen molar-refractivity contribution in [3.05, 3.63) is 29.3 Å². The topological polar surface area (TPSA) is 60.9 Å². The Labute approximate surface area is 154 Å². The highest BCUT2D eigenvalue weighted by Crippen LogP contribution is 2.20. The number of carbonyl (C=O) groups excluding carboxylic acids is 1. The third-order valence-electron chi connectivity index (χ3n) is 4.85. The third-order valence-corrected chi connectivity index (χ3v) is 7.02. The highest BCUT2D eigenvalue weighted by molar-refractivity contribution is 7.89. The standard InChI is InChI=1S/C17H24ClN3O3S/c18-15-4-6-16(7-5-15)25(23,24)21-12-10-19(11-13-21)14-17(22)20-8-2-1-3-9-20/h4-7H,1-3,8-14H2. The van der Waals surface area contributed by atoms with Gasteiger partial charge < -0.3 is 4.90 Å². The maximum Gasteiger partial charge on any atom is 0.243 e. The fourth-order valence-electron chi connectivity index (χ4n) is 3.32. The van der Waals surface area contributed by atoms with Gasteiger partial charge in [0.1, 0.15) is 0 Å². The minimum atomic E-state index is -3.50. The third kappa shape index (κ3) is 4.53. The van der Waals surface area contributed by atoms with Crippen molar-refractivity contribution in [1.82, 2.24) is 14.1 Å². The largest absolute Gasteiger partial charge is 0.342 e. The minimum Gasteiger partial charge on any atom is -0.342 e. The summed E-state index contributed by atoms with van der Waals surface area (Å²) in [6.45, 7) is 4.04. The summed E-state index contributed by atoms with van der Waals surface area (Å²) in [5.41, 5.74) is 0. The van der Waals surface area contributed by atoms with Crippen LogP contribution in [0.5, 0.6) is 0 Å². The molecule has 0 spiro atoms. The fourth-order valence-corrected chi connectivity index (χ4v) is 4.87. The van der Waals surface area contributed by atoms with Crippen LogP contribution >= 0.6 is 11.6 Å². The number of hydrogen-bond donors (Lipinski definition) is 0. The van der Waals surface area contributed by atoms with Crippen molar-refractivity contribution in [3.8, 4) is 0 Å². The first-order chi connectivity index (χ1) is 12.0. The number of likely N-dealkylation sites (tertiary alicyclic amines) is 1. The number of piperidine rings is 1. The van der Waals surface area contributed by atoms with E-state index >= 15 is 0 Å². The van der Waals surface area contributed by atoms with E-state index in [0.29, 0.717) is 37.7 Å². The zero-order valence-corrected chi connectivity index (χ0v) is 15.8. The second-order valence-corrected chi connectivity index (χ2v) is 8.95. The molecular formula is C17H24ClN3O3S. The average Bonchev–Trinajstić information content (AvgIpc) is 2.63. The first-order valence-electron chi connectivity index (χ1n) is 8.73. The summed E-state index contributed by atoms with van der Waals surface area (Å²) in [7, 11) is -3.50. The van der Waals surface area contributed by atoms with E-state index in [-0.39, 0.29) is 10.8 Å². The lowest BCUT2D eigenvalue weighted by Crippen LogP contribution is -2.51. The van der Waals surface area contributed by atoms with E-state index in [4.69, 9.17) is 11.6 Å². The Morgan fingerprint density at radius 2 is 1.52 bits per heavy atom. The molecule has 2 aliphatic rings. The molecule has 1 amide bonds. The van der Waals surface area contributed by atoms with Gasteiger partial charge in [0, 0.05) is 44.3 Å². The molecule has 0 bridgehead atoms. The molecule has 0 aromatic heterocycles. The van der Waals surface area contributed by atoms with Gasteiger partial charge in [-0.25, -0.2) is 8.42 Å². The zero-order valence-electron chi connectivity index (χ0n) is 14.2. The number of rotatable bonds is 4. The molecule has 0 N–H and O–H groups in total. The maximum absolute atomic E-state index is 12.7. The van der Waals surface area contributed by atoms with Crippen molar-refractivity contribution in [2.75, 3.05) is 45.8 Å². The Morgan fingerprint density at radius 1 is 0.920 bits per heavy atom. The summed E-state index contributed by atoms with van der Waals surface area (Å²) in [6, 6.07) is 6.23. The molecule has 2 aliphatic heterocycles. The Kier molecular flexibility index (Phi) is 5.99. The molecule has 138 valence electrons. The number of benzene rings is 1. The van der Waals surface area contributed by atoms with E-state index in [2.05, 4.69) is 0 Å². The van der Waals surface area contributed by atoms with Crippen LogP contribution in [0.25, 0.3) is 0 Å². The molecule has 0 aliphatic carbocycles. The molecule has 2 fully saturated rings. The lowest BCUT2D eigenvalue weighted by atomic mass is 10.1. The summed E-state index contributed by atoms with van der Waals surface area (Å²) < 4.78 is 26.8. The molecule has 25 heavy (non-hydrogen) atoms. The molecule has 3 rings (SSSR count). The van der Waals surface area contributed by atoms with Gasteiger partial charge in [0.05, 0.1) is 11.4 Å². The molecule has 8 heteroatoms. The number of amides is 1. The molecule has 6 nitrogen and oxygen atoms in total. The first kappa shape index (κ1) is 18.6. The lowest BCUT2D eigenvalue weighted by molar-refractivity contribution is -0.133. The Morgan fingerprint density at radius 3 is 2.12 bits per heavy atom. The smallest absolute Gasteiger partial charge is 0.243 e. The van der Waals surface area contributed by atoms with E-state index < -0.39 is 10.0 Å². The van der Waals surface area contributed by atoms with Gasteiger partial charge in [-0.2, -0.15) is 4.31 Å². The Balaban J connectivity index is 1.54. The molecule has 1 aromatic rings. The van der Waals surface area contributed by atoms with Crippen LogP contribution in [-0.2, 0) is 14.8 Å². The Hall–Kier alpha value is -1.15. The molecule has 0 radical (unpaired) electrons.